The van der Waals surface area contributed by atoms with Crippen LogP contribution in [-0.4, -0.2) is 0 Å². The molecule has 2 nitrogen and oxygen atoms in total. The third-order valence-electron chi connectivity index (χ3n) is 13.1. The van der Waals surface area contributed by atoms with Crippen LogP contribution in [0, 0.1) is 13.8 Å². The van der Waals surface area contributed by atoms with Crippen LogP contribution >= 0.6 is 0 Å². The summed E-state index contributed by atoms with van der Waals surface area (Å²) in [6.07, 6.45) is 0. The summed E-state index contributed by atoms with van der Waals surface area (Å²) >= 11 is 0. The molecule has 0 aromatic heterocycles. The highest BCUT2D eigenvalue weighted by molar-refractivity contribution is 6.32. The van der Waals surface area contributed by atoms with Crippen LogP contribution in [0.25, 0.3) is 76.1 Å². The van der Waals surface area contributed by atoms with Crippen molar-refractivity contribution in [3.8, 4) is 22.3 Å². The van der Waals surface area contributed by atoms with Gasteiger partial charge in [0.25, 0.3) is 0 Å². The van der Waals surface area contributed by atoms with Gasteiger partial charge in [0.1, 0.15) is 0 Å². The van der Waals surface area contributed by atoms with E-state index in [9.17, 15) is 0 Å². The number of benzene rings is 12. The molecule has 0 N–H and O–H groups in total. The zero-order valence-electron chi connectivity index (χ0n) is 35.8. The molecule has 12 rings (SSSR count). The monoisotopic (exact) mass is 816 g/mol. The lowest BCUT2D eigenvalue weighted by Crippen LogP contribution is -2.12. The van der Waals surface area contributed by atoms with Crippen LogP contribution in [0.15, 0.2) is 231 Å². The molecular formula is C62H44N2. The van der Waals surface area contributed by atoms with E-state index in [4.69, 9.17) is 0 Å². The highest BCUT2D eigenvalue weighted by Crippen LogP contribution is 2.53. The van der Waals surface area contributed by atoms with Gasteiger partial charge in [-0.3, -0.25) is 0 Å². The van der Waals surface area contributed by atoms with Crippen LogP contribution < -0.4 is 9.80 Å². The molecule has 0 saturated carbocycles. The van der Waals surface area contributed by atoms with Crippen molar-refractivity contribution in [2.75, 3.05) is 9.80 Å². The number of nitrogens with zero attached hydrogens (tertiary/aromatic N) is 2. The Morgan fingerprint density at radius 1 is 0.266 bits per heavy atom. The molecule has 0 aliphatic rings. The number of hydrogen-bond donors (Lipinski definition) is 0. The van der Waals surface area contributed by atoms with Gasteiger partial charge in [-0.25, -0.2) is 0 Å². The Morgan fingerprint density at radius 2 is 0.625 bits per heavy atom. The molecule has 302 valence electrons. The standard InChI is InChI=1S/C62H44N2/c1-41-27-31-45(32-28-41)55-39-59(63(47-19-5-3-6-20-47)57-25-13-17-43-15-9-11-23-49(43)57)53-38-36-52-56(46-33-29-42(2)30-34-46)40-60(54-37-35-51(55)61(53)62(52)54)64(48-21-7-4-8-22-48)58-26-14-18-44-16-10-12-24-50(44)58/h3-40H,1-2H3. The van der Waals surface area contributed by atoms with Gasteiger partial charge in [-0.05, 0) is 106 Å². The molecule has 0 spiro atoms. The third-order valence-corrected chi connectivity index (χ3v) is 13.1. The molecule has 2 heteroatoms. The van der Waals surface area contributed by atoms with Gasteiger partial charge in [0, 0.05) is 43.7 Å². The minimum atomic E-state index is 1.11. The second kappa shape index (κ2) is 15.3. The van der Waals surface area contributed by atoms with Crippen molar-refractivity contribution in [3.05, 3.63) is 242 Å². The summed E-state index contributed by atoms with van der Waals surface area (Å²) in [4.78, 5) is 4.97. The van der Waals surface area contributed by atoms with E-state index in [2.05, 4.69) is 254 Å². The first-order valence-electron chi connectivity index (χ1n) is 22.2. The maximum Gasteiger partial charge on any atom is 0.0547 e. The first-order chi connectivity index (χ1) is 31.6. The zero-order chi connectivity index (χ0) is 42.7. The van der Waals surface area contributed by atoms with Crippen molar-refractivity contribution >= 4 is 88.0 Å². The molecule has 0 bridgehead atoms. The van der Waals surface area contributed by atoms with Crippen molar-refractivity contribution in [2.45, 2.75) is 13.8 Å². The molecular weight excluding hydrogens is 773 g/mol. The highest BCUT2D eigenvalue weighted by Gasteiger charge is 2.26. The average molecular weight is 817 g/mol. The number of para-hydroxylation sites is 2. The smallest absolute Gasteiger partial charge is 0.0547 e. The minimum absolute atomic E-state index is 1.11. The Bertz CT molecular complexity index is 3410. The molecule has 0 aliphatic carbocycles. The summed E-state index contributed by atoms with van der Waals surface area (Å²) in [5.74, 6) is 0. The fraction of sp³-hybridized carbons (Fsp3) is 0.0323. The van der Waals surface area contributed by atoms with Crippen LogP contribution in [0.2, 0.25) is 0 Å². The molecule has 0 unspecified atom stereocenters. The molecule has 0 radical (unpaired) electrons. The first kappa shape index (κ1) is 37.6. The van der Waals surface area contributed by atoms with Gasteiger partial charge in [-0.2, -0.15) is 0 Å². The van der Waals surface area contributed by atoms with Gasteiger partial charge in [0.05, 0.1) is 22.7 Å². The van der Waals surface area contributed by atoms with E-state index in [1.165, 1.54) is 87.2 Å². The van der Waals surface area contributed by atoms with E-state index < -0.39 is 0 Å². The lowest BCUT2D eigenvalue weighted by atomic mass is 9.85. The second-order valence-corrected chi connectivity index (χ2v) is 17.0. The lowest BCUT2D eigenvalue weighted by Gasteiger charge is -2.31. The molecule has 0 atom stereocenters. The summed E-state index contributed by atoms with van der Waals surface area (Å²) in [7, 11) is 0. The van der Waals surface area contributed by atoms with E-state index in [1.54, 1.807) is 0 Å². The van der Waals surface area contributed by atoms with Crippen molar-refractivity contribution in [3.63, 3.8) is 0 Å². The number of hydrogen-bond acceptors (Lipinski definition) is 2. The van der Waals surface area contributed by atoms with Crippen molar-refractivity contribution in [2.24, 2.45) is 0 Å². The second-order valence-electron chi connectivity index (χ2n) is 17.0. The van der Waals surface area contributed by atoms with E-state index in [0.717, 1.165) is 34.1 Å². The highest BCUT2D eigenvalue weighted by atomic mass is 15.2. The number of aryl methyl sites for hydroxylation is 2. The summed E-state index contributed by atoms with van der Waals surface area (Å²) in [5.41, 5.74) is 14.0. The normalized spacial score (nSPS) is 11.6. The molecule has 0 fully saturated rings. The van der Waals surface area contributed by atoms with Gasteiger partial charge < -0.3 is 9.80 Å². The fourth-order valence-corrected chi connectivity index (χ4v) is 10.0. The minimum Gasteiger partial charge on any atom is -0.309 e. The van der Waals surface area contributed by atoms with E-state index >= 15 is 0 Å². The lowest BCUT2D eigenvalue weighted by molar-refractivity contribution is 1.31. The zero-order valence-corrected chi connectivity index (χ0v) is 35.8. The summed E-state index contributed by atoms with van der Waals surface area (Å²) in [6.45, 7) is 4.33. The van der Waals surface area contributed by atoms with E-state index in [0.29, 0.717) is 0 Å². The Kier molecular flexibility index (Phi) is 8.98. The Morgan fingerprint density at radius 3 is 1.05 bits per heavy atom. The van der Waals surface area contributed by atoms with Gasteiger partial charge >= 0.3 is 0 Å². The van der Waals surface area contributed by atoms with Gasteiger partial charge in [-0.15, -0.1) is 0 Å². The quantitative estimate of drug-likeness (QED) is 0.141. The average Bonchev–Trinajstić information content (AvgIpc) is 3.35. The van der Waals surface area contributed by atoms with Crippen LogP contribution in [0.1, 0.15) is 11.1 Å². The molecule has 0 amide bonds. The Labute approximate surface area is 373 Å². The van der Waals surface area contributed by atoms with Crippen molar-refractivity contribution in [1.29, 1.82) is 0 Å². The molecule has 64 heavy (non-hydrogen) atoms. The van der Waals surface area contributed by atoms with Gasteiger partial charge in [-0.1, -0.05) is 193 Å². The molecule has 12 aromatic rings. The number of anilines is 6. The maximum atomic E-state index is 2.49. The predicted molar refractivity (Wildman–Crippen MR) is 275 cm³/mol. The SMILES string of the molecule is Cc1ccc(-c2cc(N(c3ccccc3)c3cccc4ccccc34)c3ccc4c(-c5ccc(C)cc5)cc(N(c5ccccc5)c5cccc6ccccc56)c5ccc2c3c45)cc1. The number of rotatable bonds is 8. The molecule has 0 saturated heterocycles. The summed E-state index contributed by atoms with van der Waals surface area (Å²) in [6, 6.07) is 85.1. The number of fused-ring (bicyclic) bond motifs is 2. The summed E-state index contributed by atoms with van der Waals surface area (Å²) in [5, 5.41) is 12.2. The molecule has 0 aliphatic heterocycles. The fourth-order valence-electron chi connectivity index (χ4n) is 10.0. The molecule has 12 aromatic carbocycles. The summed E-state index contributed by atoms with van der Waals surface area (Å²) < 4.78 is 0. The Balaban J connectivity index is 1.26. The van der Waals surface area contributed by atoms with Gasteiger partial charge in [0.2, 0.25) is 0 Å². The molecule has 0 heterocycles. The first-order valence-corrected chi connectivity index (χ1v) is 22.2. The van der Waals surface area contributed by atoms with Crippen LogP contribution in [0.5, 0.6) is 0 Å². The largest absolute Gasteiger partial charge is 0.309 e. The van der Waals surface area contributed by atoms with Crippen molar-refractivity contribution < 1.29 is 0 Å². The van der Waals surface area contributed by atoms with Crippen LogP contribution in [0.3, 0.4) is 0 Å². The topological polar surface area (TPSA) is 6.48 Å². The van der Waals surface area contributed by atoms with Gasteiger partial charge in [0.15, 0.2) is 0 Å². The van der Waals surface area contributed by atoms with E-state index in [-0.39, 0.29) is 0 Å². The van der Waals surface area contributed by atoms with Crippen molar-refractivity contribution in [1.82, 2.24) is 0 Å². The predicted octanol–water partition coefficient (Wildman–Crippen LogP) is 17.8. The maximum absolute atomic E-state index is 2.49. The van der Waals surface area contributed by atoms with E-state index in [1.807, 2.05) is 0 Å². The Hall–Kier alpha value is -8.20. The van der Waals surface area contributed by atoms with Crippen LogP contribution in [-0.2, 0) is 0 Å². The third kappa shape index (κ3) is 6.18. The van der Waals surface area contributed by atoms with Crippen LogP contribution in [0.4, 0.5) is 34.1 Å².